The maximum Gasteiger partial charge on any atom is 0.161 e. The number of rotatable bonds is 10. The number of likely N-dealkylation sites (tertiary alicyclic amines) is 1. The minimum absolute atomic E-state index is 0.257. The Morgan fingerprint density at radius 2 is 1.84 bits per heavy atom. The van der Waals surface area contributed by atoms with Gasteiger partial charge in [0.25, 0.3) is 0 Å². The second-order valence-corrected chi connectivity index (χ2v) is 8.39. The first-order valence-corrected chi connectivity index (χ1v) is 11.3. The topological polar surface area (TPSA) is 71.0 Å². The number of hydrogen-bond acceptors (Lipinski definition) is 7. The van der Waals surface area contributed by atoms with Crippen LogP contribution in [0.3, 0.4) is 0 Å². The fourth-order valence-electron chi connectivity index (χ4n) is 4.02. The lowest BCUT2D eigenvalue weighted by molar-refractivity contribution is 0.0644. The number of benzene rings is 1. The summed E-state index contributed by atoms with van der Waals surface area (Å²) in [6.45, 7) is 4.53. The fraction of sp³-hybridized carbons (Fsp3) is 0.583. The van der Waals surface area contributed by atoms with E-state index in [2.05, 4.69) is 26.8 Å². The first kappa shape index (κ1) is 23.4. The standard InChI is InChI=1S/C24H36N4O3/c1-27(16-21-10-11-25-19-26-21)15-20-8-9-23(30-2)24(14-20)31-18-22(29)17-28-12-6-4-3-5-7-13-28/h8-11,14,19,22,29H,3-7,12-13,15-18H2,1-2H3. The number of aliphatic hydroxyl groups excluding tert-OH is 1. The molecule has 0 amide bonds. The molecule has 1 aromatic heterocycles. The van der Waals surface area contributed by atoms with Gasteiger partial charge in [-0.2, -0.15) is 0 Å². The maximum atomic E-state index is 10.5. The van der Waals surface area contributed by atoms with E-state index in [-0.39, 0.29) is 6.61 Å². The van der Waals surface area contributed by atoms with Crippen molar-refractivity contribution in [3.05, 3.63) is 48.0 Å². The molecule has 0 bridgehead atoms. The molecule has 0 aliphatic carbocycles. The van der Waals surface area contributed by atoms with Crippen LogP contribution in [0.25, 0.3) is 0 Å². The first-order chi connectivity index (χ1) is 15.1. The first-order valence-electron chi connectivity index (χ1n) is 11.3. The van der Waals surface area contributed by atoms with Gasteiger partial charge in [-0.1, -0.05) is 25.3 Å². The third kappa shape index (κ3) is 8.09. The van der Waals surface area contributed by atoms with Crippen LogP contribution in [0.5, 0.6) is 11.5 Å². The zero-order valence-corrected chi connectivity index (χ0v) is 18.9. The van der Waals surface area contributed by atoms with Gasteiger partial charge in [0.1, 0.15) is 19.0 Å². The monoisotopic (exact) mass is 428 g/mol. The van der Waals surface area contributed by atoms with Crippen LogP contribution in [0.1, 0.15) is 43.4 Å². The molecule has 1 aliphatic rings. The highest BCUT2D eigenvalue weighted by Gasteiger charge is 2.15. The molecule has 1 atom stereocenters. The molecule has 31 heavy (non-hydrogen) atoms. The minimum atomic E-state index is -0.520. The van der Waals surface area contributed by atoms with Crippen molar-refractivity contribution >= 4 is 0 Å². The van der Waals surface area contributed by atoms with Crippen LogP contribution in [0, 0.1) is 0 Å². The van der Waals surface area contributed by atoms with E-state index in [1.165, 1.54) is 32.1 Å². The highest BCUT2D eigenvalue weighted by atomic mass is 16.5. The molecule has 1 aromatic carbocycles. The number of nitrogens with zero attached hydrogens (tertiary/aromatic N) is 4. The van der Waals surface area contributed by atoms with Gasteiger partial charge >= 0.3 is 0 Å². The Balaban J connectivity index is 1.53. The van der Waals surface area contributed by atoms with Crippen molar-refractivity contribution in [2.75, 3.05) is 40.4 Å². The summed E-state index contributed by atoms with van der Waals surface area (Å²) in [4.78, 5) is 12.8. The summed E-state index contributed by atoms with van der Waals surface area (Å²) >= 11 is 0. The molecule has 1 N–H and O–H groups in total. The minimum Gasteiger partial charge on any atom is -0.493 e. The van der Waals surface area contributed by atoms with Crippen LogP contribution in [-0.4, -0.2) is 71.4 Å². The Labute approximate surface area is 186 Å². The second-order valence-electron chi connectivity index (χ2n) is 8.39. The van der Waals surface area contributed by atoms with Crippen LogP contribution in [0.15, 0.2) is 36.8 Å². The summed E-state index contributed by atoms with van der Waals surface area (Å²) < 4.78 is 11.5. The van der Waals surface area contributed by atoms with Crippen molar-refractivity contribution in [3.63, 3.8) is 0 Å². The number of hydrogen-bond donors (Lipinski definition) is 1. The van der Waals surface area contributed by atoms with E-state index in [1.807, 2.05) is 24.3 Å². The average molecular weight is 429 g/mol. The molecule has 170 valence electrons. The predicted molar refractivity (Wildman–Crippen MR) is 121 cm³/mol. The summed E-state index contributed by atoms with van der Waals surface area (Å²) in [5.74, 6) is 1.35. The van der Waals surface area contributed by atoms with Gasteiger partial charge in [0.05, 0.1) is 12.8 Å². The molecule has 1 fully saturated rings. The molecule has 1 unspecified atom stereocenters. The van der Waals surface area contributed by atoms with E-state index in [0.717, 1.165) is 37.4 Å². The van der Waals surface area contributed by atoms with Crippen LogP contribution in [0.4, 0.5) is 0 Å². The lowest BCUT2D eigenvalue weighted by atomic mass is 10.1. The van der Waals surface area contributed by atoms with Crippen molar-refractivity contribution in [3.8, 4) is 11.5 Å². The van der Waals surface area contributed by atoms with Crippen molar-refractivity contribution in [1.82, 2.24) is 19.8 Å². The predicted octanol–water partition coefficient (Wildman–Crippen LogP) is 3.12. The Hall–Kier alpha value is -2.22. The van der Waals surface area contributed by atoms with E-state index < -0.39 is 6.10 Å². The number of ether oxygens (including phenoxy) is 2. The van der Waals surface area contributed by atoms with Crippen molar-refractivity contribution < 1.29 is 14.6 Å². The normalized spacial score (nSPS) is 16.5. The van der Waals surface area contributed by atoms with Gasteiger partial charge in [-0.05, 0) is 56.7 Å². The Morgan fingerprint density at radius 1 is 1.06 bits per heavy atom. The summed E-state index contributed by atoms with van der Waals surface area (Å²) in [7, 11) is 3.69. The van der Waals surface area contributed by atoms with Crippen LogP contribution in [0.2, 0.25) is 0 Å². The van der Waals surface area contributed by atoms with E-state index >= 15 is 0 Å². The van der Waals surface area contributed by atoms with E-state index in [4.69, 9.17) is 9.47 Å². The SMILES string of the molecule is COc1ccc(CN(C)Cc2ccncn2)cc1OCC(O)CN1CCCCCCC1. The molecule has 7 heteroatoms. The molecule has 1 saturated heterocycles. The van der Waals surface area contributed by atoms with Gasteiger partial charge in [-0.15, -0.1) is 0 Å². The lowest BCUT2D eigenvalue weighted by Crippen LogP contribution is -2.37. The van der Waals surface area contributed by atoms with Gasteiger partial charge in [-0.3, -0.25) is 4.90 Å². The molecule has 0 radical (unpaired) electrons. The molecule has 7 nitrogen and oxygen atoms in total. The number of aliphatic hydroxyl groups is 1. The van der Waals surface area contributed by atoms with E-state index in [0.29, 0.717) is 18.0 Å². The number of methoxy groups -OCH3 is 1. The quantitative estimate of drug-likeness (QED) is 0.623. The lowest BCUT2D eigenvalue weighted by Gasteiger charge is -2.27. The van der Waals surface area contributed by atoms with Gasteiger partial charge < -0.3 is 19.5 Å². The molecular formula is C24H36N4O3. The highest BCUT2D eigenvalue weighted by molar-refractivity contribution is 5.43. The van der Waals surface area contributed by atoms with Crippen molar-refractivity contribution in [1.29, 1.82) is 0 Å². The Morgan fingerprint density at radius 3 is 2.55 bits per heavy atom. The number of aromatic nitrogens is 2. The van der Waals surface area contributed by atoms with Gasteiger partial charge in [0.2, 0.25) is 0 Å². The third-order valence-electron chi connectivity index (χ3n) is 5.60. The summed E-state index contributed by atoms with van der Waals surface area (Å²) in [6.07, 6.45) is 9.15. The molecule has 0 saturated carbocycles. The smallest absolute Gasteiger partial charge is 0.161 e. The van der Waals surface area contributed by atoms with E-state index in [9.17, 15) is 5.11 Å². The molecule has 2 heterocycles. The summed E-state index contributed by atoms with van der Waals surface area (Å²) in [5.41, 5.74) is 2.10. The second kappa shape index (κ2) is 12.6. The van der Waals surface area contributed by atoms with Crippen LogP contribution < -0.4 is 9.47 Å². The van der Waals surface area contributed by atoms with E-state index in [1.54, 1.807) is 19.6 Å². The largest absolute Gasteiger partial charge is 0.493 e. The van der Waals surface area contributed by atoms with Crippen molar-refractivity contribution in [2.45, 2.75) is 51.3 Å². The molecule has 3 rings (SSSR count). The summed E-state index contributed by atoms with van der Waals surface area (Å²) in [6, 6.07) is 7.89. The Kier molecular flexibility index (Phi) is 9.52. The molecule has 0 spiro atoms. The molecule has 2 aromatic rings. The van der Waals surface area contributed by atoms with Gasteiger partial charge in [0, 0.05) is 25.8 Å². The van der Waals surface area contributed by atoms with Gasteiger partial charge in [-0.25, -0.2) is 9.97 Å². The van der Waals surface area contributed by atoms with Crippen LogP contribution >= 0.6 is 0 Å². The molecular weight excluding hydrogens is 392 g/mol. The highest BCUT2D eigenvalue weighted by Crippen LogP contribution is 2.29. The zero-order chi connectivity index (χ0) is 21.9. The average Bonchev–Trinajstić information content (AvgIpc) is 2.75. The van der Waals surface area contributed by atoms with Crippen LogP contribution in [-0.2, 0) is 13.1 Å². The Bertz CT molecular complexity index is 767. The number of β-amino-alcohol motifs (C(OH)–C–C–N with tert-alkyl or cyclic N) is 1. The fourth-order valence-corrected chi connectivity index (χ4v) is 4.02. The molecule has 1 aliphatic heterocycles. The van der Waals surface area contributed by atoms with Crippen molar-refractivity contribution in [2.24, 2.45) is 0 Å². The maximum absolute atomic E-state index is 10.5. The summed E-state index contributed by atoms with van der Waals surface area (Å²) in [5, 5.41) is 10.5. The third-order valence-corrected chi connectivity index (χ3v) is 5.60. The zero-order valence-electron chi connectivity index (χ0n) is 18.9. The van der Waals surface area contributed by atoms with Gasteiger partial charge in [0.15, 0.2) is 11.5 Å².